The maximum absolute atomic E-state index is 5.94. The van der Waals surface area contributed by atoms with Gasteiger partial charge in [-0.15, -0.1) is 0 Å². The SMILES string of the molecule is CCC(C)n1ncc(B2OC(C)(C)C(C)(C)O2)n1. The second kappa shape index (κ2) is 4.35. The second-order valence-corrected chi connectivity index (χ2v) is 5.94. The average molecular weight is 251 g/mol. The molecule has 1 atom stereocenters. The molecule has 1 aliphatic heterocycles. The highest BCUT2D eigenvalue weighted by Gasteiger charge is 2.52. The molecule has 1 saturated heterocycles. The van der Waals surface area contributed by atoms with Crippen LogP contribution in [0.1, 0.15) is 54.0 Å². The van der Waals surface area contributed by atoms with Crippen molar-refractivity contribution >= 4 is 12.7 Å². The van der Waals surface area contributed by atoms with Gasteiger partial charge >= 0.3 is 7.12 Å². The summed E-state index contributed by atoms with van der Waals surface area (Å²) >= 11 is 0. The van der Waals surface area contributed by atoms with E-state index in [1.54, 1.807) is 11.0 Å². The van der Waals surface area contributed by atoms with Crippen molar-refractivity contribution < 1.29 is 9.31 Å². The molecule has 0 saturated carbocycles. The van der Waals surface area contributed by atoms with E-state index in [1.807, 2.05) is 27.7 Å². The van der Waals surface area contributed by atoms with Crippen molar-refractivity contribution in [3.05, 3.63) is 6.20 Å². The summed E-state index contributed by atoms with van der Waals surface area (Å²) in [6, 6.07) is 0.293. The molecule has 100 valence electrons. The second-order valence-electron chi connectivity index (χ2n) is 5.94. The van der Waals surface area contributed by atoms with Crippen LogP contribution in [0.3, 0.4) is 0 Å². The molecule has 1 aromatic heterocycles. The zero-order valence-corrected chi connectivity index (χ0v) is 12.1. The Hall–Kier alpha value is -0.875. The van der Waals surface area contributed by atoms with Crippen LogP contribution in [0.15, 0.2) is 6.20 Å². The maximum atomic E-state index is 5.94. The lowest BCUT2D eigenvalue weighted by Gasteiger charge is -2.32. The predicted molar refractivity (Wildman–Crippen MR) is 70.7 cm³/mol. The predicted octanol–water partition coefficient (Wildman–Crippen LogP) is 1.55. The van der Waals surface area contributed by atoms with E-state index in [4.69, 9.17) is 9.31 Å². The fourth-order valence-corrected chi connectivity index (χ4v) is 1.74. The van der Waals surface area contributed by atoms with Crippen LogP contribution in [-0.2, 0) is 9.31 Å². The third kappa shape index (κ3) is 2.19. The number of rotatable bonds is 3. The molecule has 6 heteroatoms. The summed E-state index contributed by atoms with van der Waals surface area (Å²) in [5.41, 5.74) is 0.0734. The highest BCUT2D eigenvalue weighted by atomic mass is 16.7. The molecule has 0 aromatic carbocycles. The first kappa shape index (κ1) is 13.6. The lowest BCUT2D eigenvalue weighted by Crippen LogP contribution is -2.41. The van der Waals surface area contributed by atoms with Gasteiger partial charge < -0.3 is 9.31 Å². The highest BCUT2D eigenvalue weighted by Crippen LogP contribution is 2.36. The van der Waals surface area contributed by atoms with E-state index in [1.165, 1.54) is 0 Å². The standard InChI is InChI=1S/C12H22BN3O2/c1-7-9(2)16-14-8-10(15-16)13-17-11(3,4)12(5,6)18-13/h8-9H,7H2,1-6H3. The molecule has 1 aromatic rings. The van der Waals surface area contributed by atoms with Crippen molar-refractivity contribution in [1.29, 1.82) is 0 Å². The molecular weight excluding hydrogens is 229 g/mol. The van der Waals surface area contributed by atoms with E-state index in [2.05, 4.69) is 24.0 Å². The third-order valence-electron chi connectivity index (χ3n) is 4.01. The van der Waals surface area contributed by atoms with Gasteiger partial charge in [0.15, 0.2) is 0 Å². The molecule has 0 amide bonds. The fraction of sp³-hybridized carbons (Fsp3) is 0.833. The lowest BCUT2D eigenvalue weighted by atomic mass is 9.86. The van der Waals surface area contributed by atoms with Crippen molar-refractivity contribution in [3.8, 4) is 0 Å². The minimum absolute atomic E-state index is 0.293. The van der Waals surface area contributed by atoms with Crippen molar-refractivity contribution in [2.45, 2.75) is 65.2 Å². The van der Waals surface area contributed by atoms with Crippen LogP contribution in [0.4, 0.5) is 0 Å². The van der Waals surface area contributed by atoms with Gasteiger partial charge in [-0.05, 0) is 41.0 Å². The maximum Gasteiger partial charge on any atom is 0.518 e. The van der Waals surface area contributed by atoms with E-state index in [0.717, 1.165) is 12.0 Å². The summed E-state index contributed by atoms with van der Waals surface area (Å²) in [5, 5.41) is 8.72. The molecule has 0 radical (unpaired) electrons. The zero-order chi connectivity index (χ0) is 13.6. The highest BCUT2D eigenvalue weighted by molar-refractivity contribution is 6.61. The normalized spacial score (nSPS) is 23.3. The molecule has 1 aliphatic rings. The van der Waals surface area contributed by atoms with E-state index in [-0.39, 0.29) is 11.2 Å². The summed E-state index contributed by atoms with van der Waals surface area (Å²) in [6.07, 6.45) is 2.73. The number of aromatic nitrogens is 3. The minimum Gasteiger partial charge on any atom is -0.398 e. The van der Waals surface area contributed by atoms with Crippen LogP contribution in [0.25, 0.3) is 0 Å². The molecule has 0 aliphatic carbocycles. The van der Waals surface area contributed by atoms with Crippen LogP contribution in [0.5, 0.6) is 0 Å². The van der Waals surface area contributed by atoms with Gasteiger partial charge in [0, 0.05) is 0 Å². The molecule has 0 spiro atoms. The van der Waals surface area contributed by atoms with Gasteiger partial charge in [0.25, 0.3) is 0 Å². The molecule has 1 unspecified atom stereocenters. The van der Waals surface area contributed by atoms with E-state index >= 15 is 0 Å². The summed E-state index contributed by atoms with van der Waals surface area (Å²) in [5.74, 6) is 0. The molecule has 5 nitrogen and oxygen atoms in total. The summed E-state index contributed by atoms with van der Waals surface area (Å²) in [4.78, 5) is 1.72. The Labute approximate surface area is 109 Å². The minimum atomic E-state index is -0.423. The lowest BCUT2D eigenvalue weighted by molar-refractivity contribution is 0.00578. The summed E-state index contributed by atoms with van der Waals surface area (Å²) in [6.45, 7) is 12.3. The molecule has 1 fully saturated rings. The largest absolute Gasteiger partial charge is 0.518 e. The third-order valence-corrected chi connectivity index (χ3v) is 4.01. The van der Waals surface area contributed by atoms with Crippen LogP contribution < -0.4 is 5.59 Å². The van der Waals surface area contributed by atoms with Crippen LogP contribution >= 0.6 is 0 Å². The van der Waals surface area contributed by atoms with Gasteiger partial charge in [0.05, 0.1) is 23.4 Å². The Balaban J connectivity index is 2.17. The first-order valence-corrected chi connectivity index (χ1v) is 6.54. The monoisotopic (exact) mass is 251 g/mol. The van der Waals surface area contributed by atoms with Crippen molar-refractivity contribution in [3.63, 3.8) is 0 Å². The van der Waals surface area contributed by atoms with Crippen molar-refractivity contribution in [2.75, 3.05) is 0 Å². The summed E-state index contributed by atoms with van der Waals surface area (Å²) in [7, 11) is -0.423. The Bertz CT molecular complexity index is 415. The van der Waals surface area contributed by atoms with E-state index in [0.29, 0.717) is 6.04 Å². The van der Waals surface area contributed by atoms with Crippen molar-refractivity contribution in [1.82, 2.24) is 15.0 Å². The Morgan fingerprint density at radius 1 is 1.28 bits per heavy atom. The number of nitrogens with zero attached hydrogens (tertiary/aromatic N) is 3. The topological polar surface area (TPSA) is 49.2 Å². The zero-order valence-electron chi connectivity index (χ0n) is 12.1. The van der Waals surface area contributed by atoms with Gasteiger partial charge in [-0.3, -0.25) is 0 Å². The molecule has 2 heterocycles. The molecule has 2 rings (SSSR count). The fourth-order valence-electron chi connectivity index (χ4n) is 1.74. The molecule has 18 heavy (non-hydrogen) atoms. The van der Waals surface area contributed by atoms with Gasteiger partial charge in [-0.1, -0.05) is 6.92 Å². The van der Waals surface area contributed by atoms with Gasteiger partial charge in [0.1, 0.15) is 5.59 Å². The van der Waals surface area contributed by atoms with Crippen LogP contribution in [0, 0.1) is 0 Å². The quantitative estimate of drug-likeness (QED) is 0.765. The first-order valence-electron chi connectivity index (χ1n) is 6.54. The first-order chi connectivity index (χ1) is 8.27. The smallest absolute Gasteiger partial charge is 0.398 e. The Morgan fingerprint density at radius 3 is 2.33 bits per heavy atom. The molecule has 0 bridgehead atoms. The van der Waals surface area contributed by atoms with E-state index < -0.39 is 7.12 Å². The van der Waals surface area contributed by atoms with Crippen molar-refractivity contribution in [2.24, 2.45) is 0 Å². The average Bonchev–Trinajstić information content (AvgIpc) is 2.82. The van der Waals surface area contributed by atoms with Crippen LogP contribution in [-0.4, -0.2) is 33.3 Å². The summed E-state index contributed by atoms with van der Waals surface area (Å²) < 4.78 is 11.9. The van der Waals surface area contributed by atoms with E-state index in [9.17, 15) is 0 Å². The van der Waals surface area contributed by atoms with Crippen LogP contribution in [0.2, 0.25) is 0 Å². The Morgan fingerprint density at radius 2 is 1.83 bits per heavy atom. The number of hydrogen-bond donors (Lipinski definition) is 0. The van der Waals surface area contributed by atoms with Gasteiger partial charge in [-0.25, -0.2) is 0 Å². The number of hydrogen-bond acceptors (Lipinski definition) is 4. The van der Waals surface area contributed by atoms with Gasteiger partial charge in [-0.2, -0.15) is 15.0 Å². The molecular formula is C12H22BN3O2. The molecule has 0 N–H and O–H groups in total. The Kier molecular flexibility index (Phi) is 3.27. The van der Waals surface area contributed by atoms with Gasteiger partial charge in [0.2, 0.25) is 0 Å².